The second-order valence-electron chi connectivity index (χ2n) is 4.28. The van der Waals surface area contributed by atoms with Crippen LogP contribution in [0, 0.1) is 0 Å². The van der Waals surface area contributed by atoms with E-state index in [2.05, 4.69) is 6.58 Å². The van der Waals surface area contributed by atoms with E-state index in [1.165, 1.54) is 26.4 Å². The van der Waals surface area contributed by atoms with Gasteiger partial charge in [0.1, 0.15) is 6.04 Å². The number of carbonyl (C=O) groups is 1. The fraction of sp³-hybridized carbons (Fsp3) is 0.769. The van der Waals surface area contributed by atoms with Gasteiger partial charge in [0.05, 0.1) is 7.11 Å². The summed E-state index contributed by atoms with van der Waals surface area (Å²) >= 11 is 0. The Kier molecular flexibility index (Phi) is 8.91. The van der Waals surface area contributed by atoms with Gasteiger partial charge in [-0.25, -0.2) is 0 Å². The predicted molar refractivity (Wildman–Crippen MR) is 67.4 cm³/mol. The van der Waals surface area contributed by atoms with Crippen LogP contribution in [0.25, 0.3) is 0 Å². The molecule has 0 heterocycles. The minimum absolute atomic E-state index is 0.0931. The van der Waals surface area contributed by atoms with Gasteiger partial charge in [0, 0.05) is 0 Å². The van der Waals surface area contributed by atoms with E-state index in [1.54, 1.807) is 0 Å². The zero-order valence-corrected chi connectivity index (χ0v) is 10.9. The van der Waals surface area contributed by atoms with Crippen molar-refractivity contribution in [3.8, 4) is 0 Å². The van der Waals surface area contributed by atoms with Gasteiger partial charge >= 0.3 is 5.97 Å². The van der Waals surface area contributed by atoms with E-state index in [4.69, 9.17) is 4.74 Å². The molecule has 0 aromatic rings. The maximum absolute atomic E-state index is 11.4. The van der Waals surface area contributed by atoms with Gasteiger partial charge in [-0.3, -0.25) is 9.69 Å². The molecule has 0 aliphatic carbocycles. The topological polar surface area (TPSA) is 29.5 Å². The molecule has 94 valence electrons. The van der Waals surface area contributed by atoms with E-state index in [-0.39, 0.29) is 12.0 Å². The maximum atomic E-state index is 11.4. The highest BCUT2D eigenvalue weighted by atomic mass is 16.5. The van der Waals surface area contributed by atoms with Crippen molar-refractivity contribution in [2.24, 2.45) is 0 Å². The summed E-state index contributed by atoms with van der Waals surface area (Å²) in [5.74, 6) is -0.129. The van der Waals surface area contributed by atoms with E-state index >= 15 is 0 Å². The number of hydrogen-bond donors (Lipinski definition) is 0. The van der Waals surface area contributed by atoms with E-state index < -0.39 is 0 Å². The Bertz CT molecular complexity index is 202. The molecule has 0 aliphatic rings. The molecule has 0 unspecified atom stereocenters. The Morgan fingerprint density at radius 3 is 2.44 bits per heavy atom. The van der Waals surface area contributed by atoms with Crippen LogP contribution in [0.3, 0.4) is 0 Å². The second kappa shape index (κ2) is 9.40. The number of likely N-dealkylation sites (N-methyl/N-ethyl adjacent to an activating group) is 1. The summed E-state index contributed by atoms with van der Waals surface area (Å²) in [6.07, 6.45) is 8.60. The van der Waals surface area contributed by atoms with Crippen LogP contribution in [0.2, 0.25) is 0 Å². The molecule has 0 aliphatic heterocycles. The summed E-state index contributed by atoms with van der Waals surface area (Å²) in [4.78, 5) is 13.4. The molecule has 16 heavy (non-hydrogen) atoms. The van der Waals surface area contributed by atoms with Crippen LogP contribution in [0.5, 0.6) is 0 Å². The highest BCUT2D eigenvalue weighted by Gasteiger charge is 2.20. The first-order valence-electron chi connectivity index (χ1n) is 5.98. The number of carbonyl (C=O) groups excluding carboxylic acids is 1. The third-order valence-corrected chi connectivity index (χ3v) is 2.73. The molecule has 0 N–H and O–H groups in total. The van der Waals surface area contributed by atoms with Gasteiger partial charge in [0.15, 0.2) is 0 Å². The van der Waals surface area contributed by atoms with Crippen molar-refractivity contribution in [3.05, 3.63) is 12.7 Å². The molecule has 0 bridgehead atoms. The molecule has 3 nitrogen and oxygen atoms in total. The van der Waals surface area contributed by atoms with Crippen LogP contribution < -0.4 is 0 Å². The Morgan fingerprint density at radius 2 is 1.94 bits per heavy atom. The molecule has 1 atom stereocenters. The SMILES string of the molecule is C=CCCCCCC[C@H](C(=O)OC)N(C)C. The fourth-order valence-electron chi connectivity index (χ4n) is 1.70. The van der Waals surface area contributed by atoms with Crippen molar-refractivity contribution in [1.29, 1.82) is 0 Å². The van der Waals surface area contributed by atoms with Gasteiger partial charge in [-0.2, -0.15) is 0 Å². The van der Waals surface area contributed by atoms with Crippen LogP contribution in [-0.4, -0.2) is 38.1 Å². The molecule has 0 fully saturated rings. The normalized spacial score (nSPS) is 12.5. The van der Waals surface area contributed by atoms with Gasteiger partial charge in [-0.15, -0.1) is 6.58 Å². The lowest BCUT2D eigenvalue weighted by atomic mass is 10.1. The average molecular weight is 227 g/mol. The largest absolute Gasteiger partial charge is 0.468 e. The van der Waals surface area contributed by atoms with Crippen molar-refractivity contribution in [3.63, 3.8) is 0 Å². The maximum Gasteiger partial charge on any atom is 0.323 e. The molecule has 3 heteroatoms. The fourth-order valence-corrected chi connectivity index (χ4v) is 1.70. The van der Waals surface area contributed by atoms with Crippen LogP contribution in [-0.2, 0) is 9.53 Å². The van der Waals surface area contributed by atoms with Crippen LogP contribution in [0.15, 0.2) is 12.7 Å². The van der Waals surface area contributed by atoms with Crippen molar-refractivity contribution < 1.29 is 9.53 Å². The molecule has 0 saturated carbocycles. The number of methoxy groups -OCH3 is 1. The molecule has 0 saturated heterocycles. The minimum atomic E-state index is -0.129. The lowest BCUT2D eigenvalue weighted by molar-refractivity contribution is -0.146. The predicted octanol–water partition coefficient (Wildman–Crippen LogP) is 2.62. The van der Waals surface area contributed by atoms with Crippen molar-refractivity contribution >= 4 is 5.97 Å². The van der Waals surface area contributed by atoms with Gasteiger partial charge in [0.25, 0.3) is 0 Å². The van der Waals surface area contributed by atoms with Crippen molar-refractivity contribution in [2.45, 2.75) is 44.6 Å². The Labute approximate surface area is 99.5 Å². The molecule has 0 radical (unpaired) electrons. The van der Waals surface area contributed by atoms with Crippen LogP contribution >= 0.6 is 0 Å². The van der Waals surface area contributed by atoms with Crippen LogP contribution in [0.4, 0.5) is 0 Å². The molecule has 0 aromatic carbocycles. The molecule has 0 spiro atoms. The third kappa shape index (κ3) is 6.62. The first-order chi connectivity index (χ1) is 7.63. The molecule has 0 rings (SSSR count). The monoisotopic (exact) mass is 227 g/mol. The lowest BCUT2D eigenvalue weighted by Gasteiger charge is -2.21. The number of ether oxygens (including phenoxy) is 1. The van der Waals surface area contributed by atoms with Crippen LogP contribution in [0.1, 0.15) is 38.5 Å². The summed E-state index contributed by atoms with van der Waals surface area (Å²) in [6, 6.07) is -0.0931. The van der Waals surface area contributed by atoms with E-state index in [1.807, 2.05) is 25.1 Å². The smallest absolute Gasteiger partial charge is 0.323 e. The Hall–Kier alpha value is -0.830. The van der Waals surface area contributed by atoms with Gasteiger partial charge in [-0.1, -0.05) is 25.3 Å². The molecular weight excluding hydrogens is 202 g/mol. The van der Waals surface area contributed by atoms with E-state index in [9.17, 15) is 4.79 Å². The average Bonchev–Trinajstić information content (AvgIpc) is 2.26. The summed E-state index contributed by atoms with van der Waals surface area (Å²) in [7, 11) is 5.28. The number of allylic oxidation sites excluding steroid dienone is 1. The molecule has 0 aromatic heterocycles. The lowest BCUT2D eigenvalue weighted by Crippen LogP contribution is -2.36. The number of hydrogen-bond acceptors (Lipinski definition) is 3. The summed E-state index contributed by atoms with van der Waals surface area (Å²) in [6.45, 7) is 3.70. The van der Waals surface area contributed by atoms with Gasteiger partial charge in [0.2, 0.25) is 0 Å². The third-order valence-electron chi connectivity index (χ3n) is 2.73. The number of nitrogens with zero attached hydrogens (tertiary/aromatic N) is 1. The van der Waals surface area contributed by atoms with Gasteiger partial charge in [-0.05, 0) is 33.4 Å². The standard InChI is InChI=1S/C13H25NO2/c1-5-6-7-8-9-10-11-12(14(2)3)13(15)16-4/h5,12H,1,6-11H2,2-4H3/t12-/m1/s1. The Morgan fingerprint density at radius 1 is 1.31 bits per heavy atom. The van der Waals surface area contributed by atoms with Crippen molar-refractivity contribution in [1.82, 2.24) is 4.90 Å². The van der Waals surface area contributed by atoms with E-state index in [0.29, 0.717) is 0 Å². The summed E-state index contributed by atoms with van der Waals surface area (Å²) in [5.41, 5.74) is 0. The quantitative estimate of drug-likeness (QED) is 0.344. The second-order valence-corrected chi connectivity index (χ2v) is 4.28. The first kappa shape index (κ1) is 15.2. The highest BCUT2D eigenvalue weighted by molar-refractivity contribution is 5.75. The van der Waals surface area contributed by atoms with E-state index in [0.717, 1.165) is 19.3 Å². The number of rotatable bonds is 9. The zero-order chi connectivity index (χ0) is 12.4. The zero-order valence-electron chi connectivity index (χ0n) is 10.9. The number of unbranched alkanes of at least 4 members (excludes halogenated alkanes) is 4. The first-order valence-corrected chi connectivity index (χ1v) is 5.98. The Balaban J connectivity index is 3.69. The highest BCUT2D eigenvalue weighted by Crippen LogP contribution is 2.11. The molecule has 0 amide bonds. The summed E-state index contributed by atoms with van der Waals surface area (Å²) in [5, 5.41) is 0. The minimum Gasteiger partial charge on any atom is -0.468 e. The molecular formula is C13H25NO2. The summed E-state index contributed by atoms with van der Waals surface area (Å²) < 4.78 is 4.78. The number of esters is 1. The van der Waals surface area contributed by atoms with Gasteiger partial charge < -0.3 is 4.74 Å². The van der Waals surface area contributed by atoms with Crippen molar-refractivity contribution in [2.75, 3.05) is 21.2 Å².